The Bertz CT molecular complexity index is 1490. The van der Waals surface area contributed by atoms with Gasteiger partial charge in [-0.1, -0.05) is 24.3 Å². The second-order valence-corrected chi connectivity index (χ2v) is 9.99. The van der Waals surface area contributed by atoms with Crippen LogP contribution < -0.4 is 15.5 Å². The molecule has 6 rings (SSSR count). The molecule has 0 aliphatic carbocycles. The Hall–Kier alpha value is -4.35. The summed E-state index contributed by atoms with van der Waals surface area (Å²) in [5.74, 6) is 1.53. The van der Waals surface area contributed by atoms with Crippen LogP contribution >= 0.6 is 0 Å². The predicted octanol–water partition coefficient (Wildman–Crippen LogP) is 2.69. The van der Waals surface area contributed by atoms with Crippen LogP contribution in [0.2, 0.25) is 0 Å². The number of fused-ring (bicyclic) bond motifs is 1. The minimum Gasteiger partial charge on any atom is -0.492 e. The molecule has 4 aromatic rings. The van der Waals surface area contributed by atoms with Crippen LogP contribution in [0.4, 0.5) is 5.82 Å². The first-order chi connectivity index (χ1) is 19.1. The van der Waals surface area contributed by atoms with E-state index in [0.717, 1.165) is 72.6 Å². The number of hydrogen-bond acceptors (Lipinski definition) is 10. The molecule has 0 bridgehead atoms. The summed E-state index contributed by atoms with van der Waals surface area (Å²) in [6.45, 7) is 6.20. The maximum Gasteiger partial charge on any atom is 0.140 e. The Morgan fingerprint density at radius 1 is 1.15 bits per heavy atom. The van der Waals surface area contributed by atoms with Gasteiger partial charge in [0, 0.05) is 68.7 Å². The largest absolute Gasteiger partial charge is 0.492 e. The van der Waals surface area contributed by atoms with E-state index in [2.05, 4.69) is 35.7 Å². The summed E-state index contributed by atoms with van der Waals surface area (Å²) in [6, 6.07) is 13.7. The van der Waals surface area contributed by atoms with Gasteiger partial charge in [0.25, 0.3) is 0 Å². The van der Waals surface area contributed by atoms with E-state index in [9.17, 15) is 0 Å². The van der Waals surface area contributed by atoms with Gasteiger partial charge in [-0.25, -0.2) is 15.0 Å². The smallest absolute Gasteiger partial charge is 0.140 e. The van der Waals surface area contributed by atoms with Crippen molar-refractivity contribution in [1.29, 1.82) is 5.41 Å². The molecule has 11 heteroatoms. The average molecular weight is 526 g/mol. The number of imidazole rings is 1. The monoisotopic (exact) mass is 525 g/mol. The number of rotatable bonds is 11. The first kappa shape index (κ1) is 25.0. The first-order valence-electron chi connectivity index (χ1n) is 13.0. The highest BCUT2D eigenvalue weighted by atomic mass is 16.5. The van der Waals surface area contributed by atoms with Crippen molar-refractivity contribution in [3.05, 3.63) is 72.3 Å². The zero-order valence-electron chi connectivity index (χ0n) is 21.8. The molecular weight excluding hydrogens is 494 g/mol. The van der Waals surface area contributed by atoms with Gasteiger partial charge in [-0.05, 0) is 11.6 Å². The summed E-state index contributed by atoms with van der Waals surface area (Å²) in [6.07, 6.45) is 6.57. The average Bonchev–Trinajstić information content (AvgIpc) is 3.35. The van der Waals surface area contributed by atoms with E-state index < -0.39 is 0 Å². The molecule has 1 aromatic carbocycles. The Balaban J connectivity index is 1.06. The zero-order valence-corrected chi connectivity index (χ0v) is 21.8. The molecule has 5 heterocycles. The van der Waals surface area contributed by atoms with Gasteiger partial charge in [0.1, 0.15) is 35.9 Å². The van der Waals surface area contributed by atoms with E-state index in [-0.39, 0.29) is 0 Å². The second kappa shape index (κ2) is 10.8. The normalized spacial score (nSPS) is 16.5. The molecular formula is C28H31N9O2. The summed E-state index contributed by atoms with van der Waals surface area (Å²) >= 11 is 0. The molecule has 0 atom stereocenters. The van der Waals surface area contributed by atoms with Crippen molar-refractivity contribution in [1.82, 2.24) is 29.7 Å². The molecule has 39 heavy (non-hydrogen) atoms. The van der Waals surface area contributed by atoms with Crippen LogP contribution in [0.5, 0.6) is 5.75 Å². The molecule has 11 nitrogen and oxygen atoms in total. The maximum absolute atomic E-state index is 7.52. The van der Waals surface area contributed by atoms with Gasteiger partial charge in [-0.3, -0.25) is 9.30 Å². The molecule has 3 aromatic heterocycles. The van der Waals surface area contributed by atoms with E-state index in [4.69, 9.17) is 14.9 Å². The Morgan fingerprint density at radius 2 is 2.00 bits per heavy atom. The number of ether oxygens (including phenoxy) is 2. The lowest BCUT2D eigenvalue weighted by Gasteiger charge is -2.55. The molecule has 1 spiro atoms. The fraction of sp³-hybridized carbons (Fsp3) is 0.321. The zero-order chi connectivity index (χ0) is 26.7. The Morgan fingerprint density at radius 3 is 2.74 bits per heavy atom. The fourth-order valence-electron chi connectivity index (χ4n) is 5.05. The summed E-state index contributed by atoms with van der Waals surface area (Å²) in [5, 5.41) is 15.0. The van der Waals surface area contributed by atoms with Crippen LogP contribution in [0, 0.1) is 10.8 Å². The number of nitrogens with one attached hydrogen (secondary N) is 3. The van der Waals surface area contributed by atoms with Gasteiger partial charge in [-0.2, -0.15) is 5.10 Å². The molecule has 0 amide bonds. The molecule has 2 aliphatic heterocycles. The van der Waals surface area contributed by atoms with E-state index in [1.165, 1.54) is 6.21 Å². The van der Waals surface area contributed by atoms with E-state index in [1.54, 1.807) is 13.4 Å². The number of likely N-dealkylation sites (tertiary alicyclic amines) is 1. The van der Waals surface area contributed by atoms with Crippen molar-refractivity contribution in [2.75, 3.05) is 51.8 Å². The minimum atomic E-state index is 0.431. The highest BCUT2D eigenvalue weighted by Crippen LogP contribution is 2.37. The van der Waals surface area contributed by atoms with Gasteiger partial charge in [0.15, 0.2) is 0 Å². The van der Waals surface area contributed by atoms with Gasteiger partial charge in [-0.15, -0.1) is 0 Å². The fourth-order valence-corrected chi connectivity index (χ4v) is 5.05. The lowest BCUT2D eigenvalue weighted by molar-refractivity contribution is -0.189. The molecule has 2 aliphatic rings. The first-order valence-corrected chi connectivity index (χ1v) is 13.0. The maximum atomic E-state index is 7.52. The topological polar surface area (TPSA) is 125 Å². The molecule has 0 saturated carbocycles. The Kier molecular flexibility index (Phi) is 6.91. The molecule has 200 valence electrons. The summed E-state index contributed by atoms with van der Waals surface area (Å²) in [7, 11) is 1.71. The third-order valence-electron chi connectivity index (χ3n) is 7.12. The minimum absolute atomic E-state index is 0.431. The van der Waals surface area contributed by atoms with E-state index in [0.29, 0.717) is 24.3 Å². The van der Waals surface area contributed by atoms with Crippen LogP contribution in [0.25, 0.3) is 17.0 Å². The highest BCUT2D eigenvalue weighted by molar-refractivity contribution is 6.37. The van der Waals surface area contributed by atoms with Crippen molar-refractivity contribution in [2.45, 2.75) is 6.54 Å². The predicted molar refractivity (Wildman–Crippen MR) is 150 cm³/mol. The van der Waals surface area contributed by atoms with Crippen LogP contribution in [-0.4, -0.2) is 82.7 Å². The number of pyridine rings is 1. The number of benzene rings is 1. The molecule has 2 fully saturated rings. The Labute approximate surface area is 226 Å². The van der Waals surface area contributed by atoms with Crippen molar-refractivity contribution in [3.8, 4) is 17.1 Å². The van der Waals surface area contributed by atoms with Gasteiger partial charge in [0.05, 0.1) is 30.8 Å². The summed E-state index contributed by atoms with van der Waals surface area (Å²) < 4.78 is 13.4. The number of hydrazone groups is 1. The number of anilines is 1. The number of nitrogens with zero attached hydrogens (tertiary/aromatic N) is 6. The van der Waals surface area contributed by atoms with Crippen molar-refractivity contribution in [3.63, 3.8) is 0 Å². The van der Waals surface area contributed by atoms with Crippen LogP contribution in [0.1, 0.15) is 11.1 Å². The second-order valence-electron chi connectivity index (χ2n) is 9.99. The quantitative estimate of drug-likeness (QED) is 0.202. The molecule has 2 saturated heterocycles. The lowest BCUT2D eigenvalue weighted by atomic mass is 9.78. The lowest BCUT2D eigenvalue weighted by Crippen LogP contribution is -2.66. The highest BCUT2D eigenvalue weighted by Gasteiger charge is 2.48. The van der Waals surface area contributed by atoms with E-state index in [1.807, 2.05) is 59.3 Å². The third-order valence-corrected chi connectivity index (χ3v) is 7.12. The number of aromatic nitrogens is 4. The SMILES string of the molecule is CN/N=C(\C=N)c1ccc(CNc2cc(-c3cnc4cc(OCCN5CC6(COC6)C5)ccn34)ncn2)cc1. The van der Waals surface area contributed by atoms with Crippen molar-refractivity contribution >= 4 is 23.4 Å². The summed E-state index contributed by atoms with van der Waals surface area (Å²) in [5.41, 5.74) is 8.15. The van der Waals surface area contributed by atoms with Gasteiger partial charge >= 0.3 is 0 Å². The third kappa shape index (κ3) is 5.31. The van der Waals surface area contributed by atoms with Crippen molar-refractivity contribution in [2.24, 2.45) is 10.5 Å². The standard InChI is InChI=1S/C28H31N9O2/c1-30-35-24(12-29)21-4-2-20(3-5-21)13-31-26-11-23(33-19-34-26)25-14-32-27-10-22(6-7-37(25)27)39-9-8-36-15-28(16-36)17-38-18-28/h2-7,10-12,14,19,29-30H,8-9,13,15-18H2,1H3,(H,31,33,34)/b29-12?,35-24+. The van der Waals surface area contributed by atoms with Gasteiger partial charge in [0.2, 0.25) is 0 Å². The molecule has 0 radical (unpaired) electrons. The molecule has 3 N–H and O–H groups in total. The molecule has 0 unspecified atom stereocenters. The summed E-state index contributed by atoms with van der Waals surface area (Å²) in [4.78, 5) is 15.9. The van der Waals surface area contributed by atoms with Crippen LogP contribution in [0.15, 0.2) is 66.3 Å². The number of hydrogen-bond donors (Lipinski definition) is 3. The van der Waals surface area contributed by atoms with Gasteiger partial charge < -0.3 is 25.6 Å². The van der Waals surface area contributed by atoms with Crippen LogP contribution in [-0.2, 0) is 11.3 Å². The van der Waals surface area contributed by atoms with Crippen LogP contribution in [0.3, 0.4) is 0 Å². The van der Waals surface area contributed by atoms with E-state index >= 15 is 0 Å². The van der Waals surface area contributed by atoms with Crippen molar-refractivity contribution < 1.29 is 9.47 Å².